The minimum Gasteiger partial charge on any atom is -0.321 e. The van der Waals surface area contributed by atoms with Crippen molar-refractivity contribution < 1.29 is 9.72 Å². The van der Waals surface area contributed by atoms with Crippen LogP contribution in [0.25, 0.3) is 0 Å². The zero-order valence-electron chi connectivity index (χ0n) is 16.5. The Labute approximate surface area is 172 Å². The molecular formula is C19H21ClN6O3. The molecule has 3 rings (SSSR count). The van der Waals surface area contributed by atoms with Gasteiger partial charge in [-0.2, -0.15) is 10.2 Å². The van der Waals surface area contributed by atoms with Gasteiger partial charge in [0.2, 0.25) is 5.91 Å². The SMILES string of the molecule is Cc1nn(C(C)C(=O)Nc2c(C)nn(Cc3cccc(Cl)c3)c2C)cc1[N+](=O)[O-]. The number of nitro groups is 1. The van der Waals surface area contributed by atoms with E-state index < -0.39 is 11.0 Å². The third-order valence-electron chi connectivity index (χ3n) is 4.71. The molecule has 10 heteroatoms. The van der Waals surface area contributed by atoms with Crippen LogP contribution >= 0.6 is 11.6 Å². The van der Waals surface area contributed by atoms with Gasteiger partial charge in [-0.3, -0.25) is 24.3 Å². The Bertz CT molecular complexity index is 1090. The predicted octanol–water partition coefficient (Wildman–Crippen LogP) is 3.81. The number of nitrogens with zero attached hydrogens (tertiary/aromatic N) is 5. The van der Waals surface area contributed by atoms with E-state index in [2.05, 4.69) is 15.5 Å². The highest BCUT2D eigenvalue weighted by atomic mass is 35.5. The van der Waals surface area contributed by atoms with Crippen molar-refractivity contribution in [2.75, 3.05) is 5.32 Å². The second kappa shape index (κ2) is 8.04. The van der Waals surface area contributed by atoms with E-state index in [1.807, 2.05) is 32.0 Å². The van der Waals surface area contributed by atoms with Crippen LogP contribution in [-0.4, -0.2) is 30.4 Å². The molecule has 1 atom stereocenters. The smallest absolute Gasteiger partial charge is 0.309 e. The highest BCUT2D eigenvalue weighted by molar-refractivity contribution is 6.30. The highest BCUT2D eigenvalue weighted by Crippen LogP contribution is 2.24. The summed E-state index contributed by atoms with van der Waals surface area (Å²) in [5.41, 5.74) is 3.22. The highest BCUT2D eigenvalue weighted by Gasteiger charge is 2.24. The number of amides is 1. The molecule has 1 N–H and O–H groups in total. The second-order valence-corrected chi connectivity index (χ2v) is 7.27. The number of halogens is 1. The summed E-state index contributed by atoms with van der Waals surface area (Å²) in [4.78, 5) is 23.2. The molecule has 0 fully saturated rings. The summed E-state index contributed by atoms with van der Waals surface area (Å²) in [5.74, 6) is -0.337. The van der Waals surface area contributed by atoms with Crippen LogP contribution in [0.2, 0.25) is 5.02 Å². The van der Waals surface area contributed by atoms with Crippen LogP contribution in [0.5, 0.6) is 0 Å². The van der Waals surface area contributed by atoms with Crippen LogP contribution in [0.4, 0.5) is 11.4 Å². The first kappa shape index (κ1) is 20.5. The van der Waals surface area contributed by atoms with E-state index >= 15 is 0 Å². The van der Waals surface area contributed by atoms with Crippen molar-refractivity contribution in [3.8, 4) is 0 Å². The van der Waals surface area contributed by atoms with Crippen LogP contribution in [0.15, 0.2) is 30.5 Å². The van der Waals surface area contributed by atoms with Crippen molar-refractivity contribution in [2.24, 2.45) is 0 Å². The lowest BCUT2D eigenvalue weighted by atomic mass is 10.2. The lowest BCUT2D eigenvalue weighted by Crippen LogP contribution is -2.24. The molecule has 1 aromatic carbocycles. The average molecular weight is 417 g/mol. The van der Waals surface area contributed by atoms with Crippen LogP contribution in [0.1, 0.15) is 35.6 Å². The molecule has 0 spiro atoms. The van der Waals surface area contributed by atoms with Gasteiger partial charge in [0.25, 0.3) is 0 Å². The van der Waals surface area contributed by atoms with Crippen molar-refractivity contribution in [3.05, 3.63) is 68.2 Å². The molecule has 3 aromatic rings. The number of nitrogens with one attached hydrogen (secondary N) is 1. The third-order valence-corrected chi connectivity index (χ3v) is 4.95. The predicted molar refractivity (Wildman–Crippen MR) is 109 cm³/mol. The van der Waals surface area contributed by atoms with Crippen LogP contribution in [0, 0.1) is 30.9 Å². The largest absolute Gasteiger partial charge is 0.321 e. The normalized spacial score (nSPS) is 12.0. The molecule has 0 aliphatic heterocycles. The summed E-state index contributed by atoms with van der Waals surface area (Å²) in [6.07, 6.45) is 1.27. The Balaban J connectivity index is 1.79. The molecule has 0 bridgehead atoms. The van der Waals surface area contributed by atoms with Crippen molar-refractivity contribution in [1.29, 1.82) is 0 Å². The van der Waals surface area contributed by atoms with Gasteiger partial charge in [-0.1, -0.05) is 23.7 Å². The molecule has 152 valence electrons. The zero-order valence-corrected chi connectivity index (χ0v) is 17.3. The van der Waals surface area contributed by atoms with E-state index in [1.165, 1.54) is 17.8 Å². The number of carbonyl (C=O) groups excluding carboxylic acids is 1. The number of anilines is 1. The van der Waals surface area contributed by atoms with Crippen LogP contribution in [-0.2, 0) is 11.3 Å². The lowest BCUT2D eigenvalue weighted by molar-refractivity contribution is -0.385. The fourth-order valence-corrected chi connectivity index (χ4v) is 3.25. The summed E-state index contributed by atoms with van der Waals surface area (Å²) >= 11 is 6.04. The van der Waals surface area contributed by atoms with Gasteiger partial charge in [0.05, 0.1) is 28.5 Å². The molecule has 1 unspecified atom stereocenters. The van der Waals surface area contributed by atoms with Gasteiger partial charge in [-0.25, -0.2) is 0 Å². The van der Waals surface area contributed by atoms with Gasteiger partial charge in [0.15, 0.2) is 0 Å². The molecule has 0 radical (unpaired) electrons. The second-order valence-electron chi connectivity index (χ2n) is 6.84. The monoisotopic (exact) mass is 416 g/mol. The van der Waals surface area contributed by atoms with E-state index in [0.717, 1.165) is 11.3 Å². The molecule has 1 amide bonds. The number of rotatable bonds is 6. The van der Waals surface area contributed by atoms with Crippen molar-refractivity contribution >= 4 is 28.9 Å². The summed E-state index contributed by atoms with van der Waals surface area (Å²) < 4.78 is 3.09. The first-order chi connectivity index (χ1) is 13.7. The van der Waals surface area contributed by atoms with Gasteiger partial charge < -0.3 is 5.32 Å². The van der Waals surface area contributed by atoms with Crippen LogP contribution in [0.3, 0.4) is 0 Å². The van der Waals surface area contributed by atoms with E-state index in [9.17, 15) is 14.9 Å². The maximum Gasteiger partial charge on any atom is 0.309 e. The zero-order chi connectivity index (χ0) is 21.3. The molecule has 2 heterocycles. The maximum atomic E-state index is 12.7. The topological polar surface area (TPSA) is 108 Å². The summed E-state index contributed by atoms with van der Waals surface area (Å²) in [5, 5.41) is 23.1. The van der Waals surface area contributed by atoms with Gasteiger partial charge in [0.1, 0.15) is 17.9 Å². The van der Waals surface area contributed by atoms with Gasteiger partial charge in [-0.15, -0.1) is 0 Å². The molecule has 0 saturated carbocycles. The fraction of sp³-hybridized carbons (Fsp3) is 0.316. The standard InChI is InChI=1S/C19H21ClN6O3/c1-11-17(26(28)29)10-25(22-11)14(4)19(27)21-18-12(2)23-24(13(18)3)9-15-6-5-7-16(20)8-15/h5-8,10,14H,9H2,1-4H3,(H,21,27). The fourth-order valence-electron chi connectivity index (χ4n) is 3.04. The van der Waals surface area contributed by atoms with Crippen LogP contribution < -0.4 is 5.32 Å². The maximum absolute atomic E-state index is 12.7. The Kier molecular flexibility index (Phi) is 5.69. The number of benzene rings is 1. The Morgan fingerprint density at radius 1 is 1.28 bits per heavy atom. The molecule has 0 saturated heterocycles. The third kappa shape index (κ3) is 4.29. The molecular weight excluding hydrogens is 396 g/mol. The number of hydrogen-bond acceptors (Lipinski definition) is 5. The summed E-state index contributed by atoms with van der Waals surface area (Å²) in [6.45, 7) is 7.36. The molecule has 0 aliphatic carbocycles. The van der Waals surface area contributed by atoms with Gasteiger partial charge in [-0.05, 0) is 45.4 Å². The van der Waals surface area contributed by atoms with E-state index in [4.69, 9.17) is 11.6 Å². The van der Waals surface area contributed by atoms with E-state index in [1.54, 1.807) is 17.7 Å². The van der Waals surface area contributed by atoms with Gasteiger partial charge >= 0.3 is 5.69 Å². The summed E-state index contributed by atoms with van der Waals surface area (Å²) in [6, 6.07) is 6.78. The molecule has 9 nitrogen and oxygen atoms in total. The van der Waals surface area contributed by atoms with E-state index in [-0.39, 0.29) is 17.3 Å². The number of carbonyl (C=O) groups is 1. The quantitative estimate of drug-likeness (QED) is 0.485. The molecule has 29 heavy (non-hydrogen) atoms. The number of aromatic nitrogens is 4. The average Bonchev–Trinajstić information content (AvgIpc) is 3.16. The van der Waals surface area contributed by atoms with E-state index in [0.29, 0.717) is 22.9 Å². The Morgan fingerprint density at radius 2 is 2.00 bits per heavy atom. The molecule has 0 aliphatic rings. The Morgan fingerprint density at radius 3 is 2.62 bits per heavy atom. The van der Waals surface area contributed by atoms with Crippen molar-refractivity contribution in [2.45, 2.75) is 40.3 Å². The lowest BCUT2D eigenvalue weighted by Gasteiger charge is -2.13. The first-order valence-electron chi connectivity index (χ1n) is 8.96. The minimum absolute atomic E-state index is 0.119. The van der Waals surface area contributed by atoms with Crippen molar-refractivity contribution in [3.63, 3.8) is 0 Å². The number of hydrogen-bond donors (Lipinski definition) is 1. The minimum atomic E-state index is -0.725. The first-order valence-corrected chi connectivity index (χ1v) is 9.34. The summed E-state index contributed by atoms with van der Waals surface area (Å²) in [7, 11) is 0. The molecule has 2 aromatic heterocycles. The number of aryl methyl sites for hydroxylation is 2. The van der Waals surface area contributed by atoms with Crippen molar-refractivity contribution in [1.82, 2.24) is 19.6 Å². The van der Waals surface area contributed by atoms with Gasteiger partial charge in [0, 0.05) is 5.02 Å². The Hall–Kier alpha value is -3.20.